The number of amides is 1. The second-order valence-electron chi connectivity index (χ2n) is 4.55. The number of nitrogens with zero attached hydrogens (tertiary/aromatic N) is 2. The van der Waals surface area contributed by atoms with Gasteiger partial charge in [0, 0.05) is 18.4 Å². The van der Waals surface area contributed by atoms with E-state index in [4.69, 9.17) is 11.6 Å². The fraction of sp³-hybridized carbons (Fsp3) is 0.583. The highest BCUT2D eigenvalue weighted by molar-refractivity contribution is 6.29. The van der Waals surface area contributed by atoms with E-state index >= 15 is 0 Å². The van der Waals surface area contributed by atoms with Gasteiger partial charge < -0.3 is 9.88 Å². The Hall–Kier alpha value is -1.36. The van der Waals surface area contributed by atoms with E-state index in [2.05, 4.69) is 10.3 Å². The highest BCUT2D eigenvalue weighted by Gasteiger charge is 2.16. The first-order valence-electron chi connectivity index (χ1n) is 6.17. The van der Waals surface area contributed by atoms with Crippen molar-refractivity contribution in [2.24, 2.45) is 0 Å². The van der Waals surface area contributed by atoms with E-state index in [0.29, 0.717) is 0 Å². The second kappa shape index (κ2) is 6.00. The van der Waals surface area contributed by atoms with Crippen LogP contribution in [-0.2, 0) is 11.3 Å². The number of aromatic nitrogens is 2. The van der Waals surface area contributed by atoms with Crippen LogP contribution in [0, 0.1) is 0 Å². The fourth-order valence-corrected chi connectivity index (χ4v) is 2.39. The molecule has 0 aromatic carbocycles. The minimum atomic E-state index is -0.432. The molecule has 6 heteroatoms. The maximum Gasteiger partial charge on any atom is 0.288 e. The Labute approximate surface area is 110 Å². The summed E-state index contributed by atoms with van der Waals surface area (Å²) < 4.78 is 1.27. The number of hydrogen-bond donors (Lipinski definition) is 1. The van der Waals surface area contributed by atoms with Gasteiger partial charge in [-0.2, -0.15) is 0 Å². The summed E-state index contributed by atoms with van der Waals surface area (Å²) in [7, 11) is 0. The molecule has 0 unspecified atom stereocenters. The van der Waals surface area contributed by atoms with Crippen molar-refractivity contribution in [3.05, 3.63) is 27.9 Å². The maximum absolute atomic E-state index is 11.8. The van der Waals surface area contributed by atoms with Crippen molar-refractivity contribution in [2.45, 2.75) is 44.7 Å². The Balaban J connectivity index is 1.94. The molecule has 1 N–H and O–H groups in total. The molecule has 2 rings (SSSR count). The van der Waals surface area contributed by atoms with E-state index in [1.165, 1.54) is 23.4 Å². The van der Waals surface area contributed by atoms with Crippen molar-refractivity contribution < 1.29 is 4.79 Å². The molecule has 0 atom stereocenters. The standard InChI is InChI=1S/C12H16ClN3O2/c13-11-12(18)16(7-6-14-11)8-10(17)15-9-4-2-1-3-5-9/h6-7,9H,1-5,8H2,(H,15,17). The van der Waals surface area contributed by atoms with Crippen molar-refractivity contribution in [3.8, 4) is 0 Å². The van der Waals surface area contributed by atoms with Crippen LogP contribution in [0.25, 0.3) is 0 Å². The van der Waals surface area contributed by atoms with E-state index in [-0.39, 0.29) is 23.6 Å². The number of rotatable bonds is 3. The maximum atomic E-state index is 11.8. The summed E-state index contributed by atoms with van der Waals surface area (Å²) in [5.74, 6) is -0.147. The van der Waals surface area contributed by atoms with Gasteiger partial charge in [0.15, 0.2) is 5.15 Å². The Morgan fingerprint density at radius 1 is 1.44 bits per heavy atom. The van der Waals surface area contributed by atoms with Crippen LogP contribution in [0.5, 0.6) is 0 Å². The van der Waals surface area contributed by atoms with Crippen LogP contribution in [0.15, 0.2) is 17.2 Å². The normalized spacial score (nSPS) is 16.5. The molecular weight excluding hydrogens is 254 g/mol. The molecule has 1 heterocycles. The van der Waals surface area contributed by atoms with Crippen molar-refractivity contribution in [1.29, 1.82) is 0 Å². The zero-order chi connectivity index (χ0) is 13.0. The van der Waals surface area contributed by atoms with Crippen molar-refractivity contribution in [1.82, 2.24) is 14.9 Å². The third-order valence-electron chi connectivity index (χ3n) is 3.16. The molecule has 0 saturated heterocycles. The smallest absolute Gasteiger partial charge is 0.288 e. The minimum absolute atomic E-state index is 0.00241. The predicted molar refractivity (Wildman–Crippen MR) is 68.5 cm³/mol. The second-order valence-corrected chi connectivity index (χ2v) is 4.91. The van der Waals surface area contributed by atoms with Crippen LogP contribution in [0.2, 0.25) is 5.15 Å². The van der Waals surface area contributed by atoms with E-state index < -0.39 is 5.56 Å². The van der Waals surface area contributed by atoms with E-state index in [0.717, 1.165) is 25.7 Å². The number of halogens is 1. The van der Waals surface area contributed by atoms with E-state index in [1.807, 2.05) is 0 Å². The average molecular weight is 270 g/mol. The highest BCUT2D eigenvalue weighted by Crippen LogP contribution is 2.17. The third kappa shape index (κ3) is 3.32. The molecule has 5 nitrogen and oxygen atoms in total. The van der Waals surface area contributed by atoms with Crippen molar-refractivity contribution >= 4 is 17.5 Å². The molecule has 1 amide bonds. The SMILES string of the molecule is O=C(Cn1ccnc(Cl)c1=O)NC1CCCCC1. The fourth-order valence-electron chi connectivity index (χ4n) is 2.22. The molecule has 0 aliphatic heterocycles. The molecule has 18 heavy (non-hydrogen) atoms. The molecule has 1 aliphatic rings. The van der Waals surface area contributed by atoms with Gasteiger partial charge in [-0.3, -0.25) is 9.59 Å². The largest absolute Gasteiger partial charge is 0.352 e. The Morgan fingerprint density at radius 2 is 2.17 bits per heavy atom. The molecule has 98 valence electrons. The topological polar surface area (TPSA) is 64.0 Å². The number of hydrogen-bond acceptors (Lipinski definition) is 3. The quantitative estimate of drug-likeness (QED) is 0.901. The van der Waals surface area contributed by atoms with Crippen LogP contribution in [0.4, 0.5) is 0 Å². The van der Waals surface area contributed by atoms with Crippen LogP contribution < -0.4 is 10.9 Å². The first-order valence-corrected chi connectivity index (χ1v) is 6.55. The Kier molecular flexibility index (Phi) is 4.36. The number of carbonyl (C=O) groups is 1. The molecule has 1 aromatic heterocycles. The van der Waals surface area contributed by atoms with Crippen LogP contribution in [0.1, 0.15) is 32.1 Å². The van der Waals surface area contributed by atoms with E-state index in [1.54, 1.807) is 0 Å². The van der Waals surface area contributed by atoms with Gasteiger partial charge in [0.2, 0.25) is 5.91 Å². The van der Waals surface area contributed by atoms with Crippen LogP contribution in [-0.4, -0.2) is 21.5 Å². The van der Waals surface area contributed by atoms with Gasteiger partial charge in [-0.05, 0) is 12.8 Å². The lowest BCUT2D eigenvalue weighted by atomic mass is 9.95. The van der Waals surface area contributed by atoms with Gasteiger partial charge in [-0.1, -0.05) is 30.9 Å². The van der Waals surface area contributed by atoms with Crippen molar-refractivity contribution in [3.63, 3.8) is 0 Å². The van der Waals surface area contributed by atoms with Gasteiger partial charge >= 0.3 is 0 Å². The summed E-state index contributed by atoms with van der Waals surface area (Å²) in [6.07, 6.45) is 8.49. The lowest BCUT2D eigenvalue weighted by Crippen LogP contribution is -2.39. The molecule has 1 aromatic rings. The van der Waals surface area contributed by atoms with Gasteiger partial charge in [-0.15, -0.1) is 0 Å². The highest BCUT2D eigenvalue weighted by atomic mass is 35.5. The van der Waals surface area contributed by atoms with Crippen LogP contribution >= 0.6 is 11.6 Å². The molecule has 1 fully saturated rings. The summed E-state index contributed by atoms with van der Waals surface area (Å²) in [4.78, 5) is 27.1. The Bertz CT molecular complexity index is 480. The Morgan fingerprint density at radius 3 is 2.89 bits per heavy atom. The summed E-state index contributed by atoms with van der Waals surface area (Å²) in [5.41, 5.74) is -0.432. The number of carbonyl (C=O) groups excluding carboxylic acids is 1. The molecular formula is C12H16ClN3O2. The molecule has 0 spiro atoms. The first-order chi connectivity index (χ1) is 8.66. The van der Waals surface area contributed by atoms with Crippen molar-refractivity contribution in [2.75, 3.05) is 0 Å². The van der Waals surface area contributed by atoms with E-state index in [9.17, 15) is 9.59 Å². The minimum Gasteiger partial charge on any atom is -0.352 e. The van der Waals surface area contributed by atoms with Crippen LogP contribution in [0.3, 0.4) is 0 Å². The number of nitrogens with one attached hydrogen (secondary N) is 1. The van der Waals surface area contributed by atoms with Gasteiger partial charge in [0.1, 0.15) is 6.54 Å². The predicted octanol–water partition coefficient (Wildman–Crippen LogP) is 1.35. The zero-order valence-corrected chi connectivity index (χ0v) is 10.8. The van der Waals surface area contributed by atoms with Gasteiger partial charge in [0.25, 0.3) is 5.56 Å². The zero-order valence-electron chi connectivity index (χ0n) is 10.1. The summed E-state index contributed by atoms with van der Waals surface area (Å²) in [6.45, 7) is -0.00241. The molecule has 0 bridgehead atoms. The van der Waals surface area contributed by atoms with Gasteiger partial charge in [-0.25, -0.2) is 4.98 Å². The molecule has 0 radical (unpaired) electrons. The molecule has 1 aliphatic carbocycles. The third-order valence-corrected chi connectivity index (χ3v) is 3.42. The molecule has 1 saturated carbocycles. The first kappa shape index (κ1) is 13.1. The lowest BCUT2D eigenvalue weighted by Gasteiger charge is -2.22. The summed E-state index contributed by atoms with van der Waals surface area (Å²) in [5, 5.41) is 2.84. The average Bonchev–Trinajstić information content (AvgIpc) is 2.36. The lowest BCUT2D eigenvalue weighted by molar-refractivity contribution is -0.122. The summed E-state index contributed by atoms with van der Waals surface area (Å²) in [6, 6.07) is 0.249. The monoisotopic (exact) mass is 269 g/mol. The summed E-state index contributed by atoms with van der Waals surface area (Å²) >= 11 is 5.61. The van der Waals surface area contributed by atoms with Gasteiger partial charge in [0.05, 0.1) is 0 Å².